The van der Waals surface area contributed by atoms with Gasteiger partial charge in [0.05, 0.1) is 0 Å². The average molecular weight is 534 g/mol. The van der Waals surface area contributed by atoms with Gasteiger partial charge in [-0.05, 0) is 0 Å². The lowest BCUT2D eigenvalue weighted by molar-refractivity contribution is -0.314. The summed E-state index contributed by atoms with van der Waals surface area (Å²) in [6.07, 6.45) is -11.6. The highest BCUT2D eigenvalue weighted by Gasteiger charge is 2.57. The van der Waals surface area contributed by atoms with Gasteiger partial charge in [-0.25, -0.2) is 0 Å². The lowest BCUT2D eigenvalue weighted by atomic mass is 9.92. The molecule has 0 aliphatic carbocycles. The standard InChI is InChI=1S/C22H30O15/c1-9(23)30-8-16(31-10(2)24)17(32-11(3)25)18-19(33-12(4)26)20(34-13(5)27)21(35-14(6)28)22(37-18)36-15(7)29/h16-22H,8H2,1-7H3/t16-,17-,18+,19-,20-,21-,22+/m0/s1. The van der Waals surface area contributed by atoms with Crippen molar-refractivity contribution in [3.8, 4) is 0 Å². The molecule has 15 nitrogen and oxygen atoms in total. The molecule has 0 bridgehead atoms. The molecule has 1 heterocycles. The van der Waals surface area contributed by atoms with E-state index >= 15 is 0 Å². The SMILES string of the molecule is CC(=O)OC[C@H](OC(C)=O)[C@H](OC(C)=O)[C@H]1O[C@@H](OC(C)=O)[C@@H](OC(C)=O)[C@@H](OC(C)=O)[C@H]1OC(C)=O. The number of carbonyl (C=O) groups is 7. The van der Waals surface area contributed by atoms with Crippen LogP contribution >= 0.6 is 0 Å². The van der Waals surface area contributed by atoms with Gasteiger partial charge in [0.15, 0.2) is 24.4 Å². The third-order valence-corrected chi connectivity index (χ3v) is 4.48. The zero-order chi connectivity index (χ0) is 28.4. The van der Waals surface area contributed by atoms with E-state index in [1.807, 2.05) is 0 Å². The highest BCUT2D eigenvalue weighted by atomic mass is 16.8. The number of esters is 7. The molecule has 15 heteroatoms. The molecule has 37 heavy (non-hydrogen) atoms. The van der Waals surface area contributed by atoms with Crippen LogP contribution in [0, 0.1) is 0 Å². The fraction of sp³-hybridized carbons (Fsp3) is 0.682. The molecule has 1 aliphatic rings. The Labute approximate surface area is 211 Å². The smallest absolute Gasteiger partial charge is 0.305 e. The topological polar surface area (TPSA) is 193 Å². The van der Waals surface area contributed by atoms with Crippen molar-refractivity contribution in [3.63, 3.8) is 0 Å². The van der Waals surface area contributed by atoms with E-state index in [9.17, 15) is 33.6 Å². The van der Waals surface area contributed by atoms with E-state index in [1.54, 1.807) is 0 Å². The summed E-state index contributed by atoms with van der Waals surface area (Å²) in [5.41, 5.74) is 0. The molecule has 208 valence electrons. The second-order valence-corrected chi connectivity index (χ2v) is 7.83. The Morgan fingerprint density at radius 1 is 0.568 bits per heavy atom. The molecule has 0 unspecified atom stereocenters. The van der Waals surface area contributed by atoms with Gasteiger partial charge in [-0.1, -0.05) is 0 Å². The van der Waals surface area contributed by atoms with Crippen molar-refractivity contribution in [2.45, 2.75) is 91.4 Å². The lowest BCUT2D eigenvalue weighted by Gasteiger charge is -2.46. The summed E-state index contributed by atoms with van der Waals surface area (Å²) < 4.78 is 42.0. The molecule has 1 fully saturated rings. The highest BCUT2D eigenvalue weighted by Crippen LogP contribution is 2.33. The molecule has 0 aromatic carbocycles. The molecule has 0 spiro atoms. The second-order valence-electron chi connectivity index (χ2n) is 7.83. The largest absolute Gasteiger partial charge is 0.462 e. The van der Waals surface area contributed by atoms with Gasteiger partial charge in [0.2, 0.25) is 12.4 Å². The minimum atomic E-state index is -1.77. The van der Waals surface area contributed by atoms with Gasteiger partial charge in [0.25, 0.3) is 0 Å². The summed E-state index contributed by atoms with van der Waals surface area (Å²) in [6.45, 7) is 6.50. The van der Waals surface area contributed by atoms with Gasteiger partial charge in [0.1, 0.15) is 12.7 Å². The Balaban J connectivity index is 3.75. The van der Waals surface area contributed by atoms with Crippen molar-refractivity contribution in [1.82, 2.24) is 0 Å². The zero-order valence-corrected chi connectivity index (χ0v) is 21.4. The van der Waals surface area contributed by atoms with Crippen LogP contribution in [0.3, 0.4) is 0 Å². The van der Waals surface area contributed by atoms with Crippen molar-refractivity contribution in [2.24, 2.45) is 0 Å². The first-order valence-electron chi connectivity index (χ1n) is 10.9. The van der Waals surface area contributed by atoms with E-state index in [0.717, 1.165) is 48.5 Å². The van der Waals surface area contributed by atoms with Crippen LogP contribution in [0.2, 0.25) is 0 Å². The molecule has 1 saturated heterocycles. The third-order valence-electron chi connectivity index (χ3n) is 4.48. The van der Waals surface area contributed by atoms with Crippen LogP contribution in [-0.2, 0) is 71.5 Å². The second kappa shape index (κ2) is 14.1. The van der Waals surface area contributed by atoms with Crippen LogP contribution < -0.4 is 0 Å². The molecule has 0 aromatic rings. The van der Waals surface area contributed by atoms with Gasteiger partial charge >= 0.3 is 41.8 Å². The van der Waals surface area contributed by atoms with Crippen molar-refractivity contribution in [2.75, 3.05) is 6.61 Å². The molecule has 0 radical (unpaired) electrons. The Kier molecular flexibility index (Phi) is 11.9. The molecule has 1 aliphatic heterocycles. The Morgan fingerprint density at radius 3 is 1.46 bits per heavy atom. The molecular formula is C22H30O15. The number of ether oxygens (including phenoxy) is 8. The van der Waals surface area contributed by atoms with Crippen molar-refractivity contribution < 1.29 is 71.5 Å². The zero-order valence-electron chi connectivity index (χ0n) is 21.4. The summed E-state index contributed by atoms with van der Waals surface area (Å²) in [5, 5.41) is 0. The van der Waals surface area contributed by atoms with Crippen molar-refractivity contribution in [1.29, 1.82) is 0 Å². The summed E-state index contributed by atoms with van der Waals surface area (Å²) >= 11 is 0. The van der Waals surface area contributed by atoms with E-state index in [0.29, 0.717) is 0 Å². The van der Waals surface area contributed by atoms with Crippen LogP contribution in [0.15, 0.2) is 0 Å². The predicted molar refractivity (Wildman–Crippen MR) is 115 cm³/mol. The predicted octanol–water partition coefficient (Wildman–Crippen LogP) is -0.504. The molecule has 7 atom stereocenters. The normalized spacial score (nSPS) is 24.4. The average Bonchev–Trinajstić information content (AvgIpc) is 2.71. The van der Waals surface area contributed by atoms with Crippen LogP contribution in [0.25, 0.3) is 0 Å². The number of hydrogen-bond donors (Lipinski definition) is 0. The number of hydrogen-bond acceptors (Lipinski definition) is 15. The summed E-state index contributed by atoms with van der Waals surface area (Å²) in [4.78, 5) is 82.8. The van der Waals surface area contributed by atoms with E-state index in [2.05, 4.69) is 0 Å². The van der Waals surface area contributed by atoms with E-state index < -0.39 is 91.3 Å². The summed E-state index contributed by atoms with van der Waals surface area (Å²) in [6, 6.07) is 0. The highest BCUT2D eigenvalue weighted by molar-refractivity contribution is 5.70. The molecule has 0 saturated carbocycles. The van der Waals surface area contributed by atoms with Gasteiger partial charge in [-0.15, -0.1) is 0 Å². The third kappa shape index (κ3) is 10.4. The lowest BCUT2D eigenvalue weighted by Crippen LogP contribution is -2.66. The van der Waals surface area contributed by atoms with Gasteiger partial charge < -0.3 is 37.9 Å². The maximum absolute atomic E-state index is 12.0. The minimum absolute atomic E-state index is 0.636. The van der Waals surface area contributed by atoms with Gasteiger partial charge in [-0.3, -0.25) is 33.6 Å². The van der Waals surface area contributed by atoms with E-state index in [1.165, 1.54) is 0 Å². The summed E-state index contributed by atoms with van der Waals surface area (Å²) in [5.74, 6) is -6.22. The molecule has 0 amide bonds. The van der Waals surface area contributed by atoms with Crippen LogP contribution in [-0.4, -0.2) is 91.3 Å². The summed E-state index contributed by atoms with van der Waals surface area (Å²) in [7, 11) is 0. The molecule has 0 N–H and O–H groups in total. The monoisotopic (exact) mass is 534 g/mol. The molecule has 0 aromatic heterocycles. The Bertz CT molecular complexity index is 879. The van der Waals surface area contributed by atoms with Gasteiger partial charge in [-0.2, -0.15) is 0 Å². The fourth-order valence-electron chi connectivity index (χ4n) is 3.48. The van der Waals surface area contributed by atoms with E-state index in [4.69, 9.17) is 37.9 Å². The van der Waals surface area contributed by atoms with Crippen molar-refractivity contribution >= 4 is 41.8 Å². The quantitative estimate of drug-likeness (QED) is 0.257. The Morgan fingerprint density at radius 2 is 1.03 bits per heavy atom. The maximum atomic E-state index is 12.0. The number of carbonyl (C=O) groups excluding carboxylic acids is 7. The van der Waals surface area contributed by atoms with Crippen molar-refractivity contribution in [3.05, 3.63) is 0 Å². The minimum Gasteiger partial charge on any atom is -0.462 e. The van der Waals surface area contributed by atoms with Gasteiger partial charge in [0, 0.05) is 48.5 Å². The van der Waals surface area contributed by atoms with E-state index in [-0.39, 0.29) is 0 Å². The van der Waals surface area contributed by atoms with Crippen LogP contribution in [0.1, 0.15) is 48.5 Å². The molecule has 1 rings (SSSR count). The molecular weight excluding hydrogens is 504 g/mol. The number of rotatable bonds is 10. The first-order chi connectivity index (χ1) is 17.1. The maximum Gasteiger partial charge on any atom is 0.305 e. The van der Waals surface area contributed by atoms with Crippen LogP contribution in [0.5, 0.6) is 0 Å². The van der Waals surface area contributed by atoms with Crippen LogP contribution in [0.4, 0.5) is 0 Å². The first kappa shape index (κ1) is 31.3. The fourth-order valence-corrected chi connectivity index (χ4v) is 3.48. The first-order valence-corrected chi connectivity index (χ1v) is 10.9. The Hall–Kier alpha value is -3.75.